The second-order valence-corrected chi connectivity index (χ2v) is 4.79. The lowest BCUT2D eigenvalue weighted by atomic mass is 10.1. The van der Waals surface area contributed by atoms with Crippen molar-refractivity contribution >= 4 is 21.8 Å². The number of hydrogen-bond donors (Lipinski definition) is 2. The van der Waals surface area contributed by atoms with Gasteiger partial charge in [-0.2, -0.15) is 0 Å². The highest BCUT2D eigenvalue weighted by Crippen LogP contribution is 2.08. The Bertz CT molecular complexity index is 360. The van der Waals surface area contributed by atoms with E-state index in [4.69, 9.17) is 0 Å². The quantitative estimate of drug-likeness (QED) is 0.861. The monoisotopic (exact) mass is 283 g/mol. The first kappa shape index (κ1) is 11.5. The van der Waals surface area contributed by atoms with Gasteiger partial charge in [-0.25, -0.2) is 4.98 Å². The van der Waals surface area contributed by atoms with Gasteiger partial charge in [0.05, 0.1) is 0 Å². The third kappa shape index (κ3) is 3.02. The van der Waals surface area contributed by atoms with Crippen LogP contribution in [0.3, 0.4) is 0 Å². The maximum atomic E-state index is 11.8. The highest BCUT2D eigenvalue weighted by Gasteiger charge is 2.16. The Balaban J connectivity index is 1.94. The summed E-state index contributed by atoms with van der Waals surface area (Å²) in [4.78, 5) is 15.9. The largest absolute Gasteiger partial charge is 0.347 e. The van der Waals surface area contributed by atoms with Crippen LogP contribution in [0.2, 0.25) is 0 Å². The zero-order valence-corrected chi connectivity index (χ0v) is 10.5. The molecule has 4 nitrogen and oxygen atoms in total. The summed E-state index contributed by atoms with van der Waals surface area (Å²) >= 11 is 3.29. The molecular formula is C11H14BrN3O. The van der Waals surface area contributed by atoms with Crippen LogP contribution < -0.4 is 10.6 Å². The second kappa shape index (κ2) is 5.41. The van der Waals surface area contributed by atoms with Crippen LogP contribution in [0.5, 0.6) is 0 Å². The number of amides is 1. The number of carbonyl (C=O) groups is 1. The second-order valence-electron chi connectivity index (χ2n) is 3.88. The number of nitrogens with zero attached hydrogens (tertiary/aromatic N) is 1. The molecule has 0 radical (unpaired) electrons. The van der Waals surface area contributed by atoms with Crippen molar-refractivity contribution < 1.29 is 4.79 Å². The van der Waals surface area contributed by atoms with E-state index in [-0.39, 0.29) is 11.9 Å². The molecular weight excluding hydrogens is 270 g/mol. The standard InChI is InChI=1S/C11H14BrN3O/c12-8-3-4-10(14-6-8)11(16)15-9-2-1-5-13-7-9/h3-4,6,9,13H,1-2,5,7H2,(H,15,16). The first-order valence-electron chi connectivity index (χ1n) is 5.39. The van der Waals surface area contributed by atoms with Crippen molar-refractivity contribution in [1.82, 2.24) is 15.6 Å². The van der Waals surface area contributed by atoms with Crippen LogP contribution in [-0.4, -0.2) is 30.0 Å². The minimum atomic E-state index is -0.0961. The van der Waals surface area contributed by atoms with Crippen molar-refractivity contribution in [2.24, 2.45) is 0 Å². The summed E-state index contributed by atoms with van der Waals surface area (Å²) < 4.78 is 0.878. The average molecular weight is 284 g/mol. The molecule has 2 rings (SSSR count). The Morgan fingerprint density at radius 1 is 1.56 bits per heavy atom. The summed E-state index contributed by atoms with van der Waals surface area (Å²) in [5.41, 5.74) is 0.466. The first-order valence-corrected chi connectivity index (χ1v) is 6.18. The first-order chi connectivity index (χ1) is 7.75. The zero-order valence-electron chi connectivity index (χ0n) is 8.87. The Hall–Kier alpha value is -0.940. The molecule has 0 bridgehead atoms. The van der Waals surface area contributed by atoms with E-state index in [9.17, 15) is 4.79 Å². The van der Waals surface area contributed by atoms with E-state index in [0.29, 0.717) is 5.69 Å². The molecule has 1 saturated heterocycles. The van der Waals surface area contributed by atoms with Crippen LogP contribution in [0.15, 0.2) is 22.8 Å². The fraction of sp³-hybridized carbons (Fsp3) is 0.455. The van der Waals surface area contributed by atoms with Crippen molar-refractivity contribution in [3.8, 4) is 0 Å². The normalized spacial score (nSPS) is 20.4. The van der Waals surface area contributed by atoms with Gasteiger partial charge in [-0.15, -0.1) is 0 Å². The highest BCUT2D eigenvalue weighted by atomic mass is 79.9. The van der Waals surface area contributed by atoms with Gasteiger partial charge in [-0.1, -0.05) is 0 Å². The molecule has 5 heteroatoms. The van der Waals surface area contributed by atoms with Gasteiger partial charge >= 0.3 is 0 Å². The summed E-state index contributed by atoms with van der Waals surface area (Å²) in [6.45, 7) is 1.89. The number of pyridine rings is 1. The van der Waals surface area contributed by atoms with Crippen molar-refractivity contribution in [1.29, 1.82) is 0 Å². The fourth-order valence-corrected chi connectivity index (χ4v) is 1.98. The molecule has 1 aliphatic rings. The van der Waals surface area contributed by atoms with E-state index in [1.54, 1.807) is 12.3 Å². The number of rotatable bonds is 2. The van der Waals surface area contributed by atoms with Crippen molar-refractivity contribution in [3.63, 3.8) is 0 Å². The minimum Gasteiger partial charge on any atom is -0.347 e. The predicted molar refractivity (Wildman–Crippen MR) is 65.3 cm³/mol. The van der Waals surface area contributed by atoms with Gasteiger partial charge in [0.1, 0.15) is 5.69 Å². The van der Waals surface area contributed by atoms with Gasteiger partial charge < -0.3 is 10.6 Å². The van der Waals surface area contributed by atoms with Gasteiger partial charge in [-0.3, -0.25) is 4.79 Å². The predicted octanol–water partition coefficient (Wildman–Crippen LogP) is 1.33. The zero-order chi connectivity index (χ0) is 11.4. The number of hydrogen-bond acceptors (Lipinski definition) is 3. The molecule has 86 valence electrons. The molecule has 0 aromatic carbocycles. The Labute approximate surface area is 103 Å². The summed E-state index contributed by atoms with van der Waals surface area (Å²) in [7, 11) is 0. The third-order valence-electron chi connectivity index (χ3n) is 2.59. The van der Waals surface area contributed by atoms with E-state index in [0.717, 1.165) is 30.4 Å². The van der Waals surface area contributed by atoms with E-state index in [1.165, 1.54) is 0 Å². The maximum Gasteiger partial charge on any atom is 0.270 e. The summed E-state index contributed by atoms with van der Waals surface area (Å²) in [6, 6.07) is 3.77. The van der Waals surface area contributed by atoms with E-state index in [2.05, 4.69) is 31.5 Å². The van der Waals surface area contributed by atoms with Gasteiger partial charge in [0.15, 0.2) is 0 Å². The van der Waals surface area contributed by atoms with Crippen LogP contribution in [0.1, 0.15) is 23.3 Å². The van der Waals surface area contributed by atoms with E-state index in [1.807, 2.05) is 6.07 Å². The molecule has 1 aromatic heterocycles. The maximum absolute atomic E-state index is 11.8. The molecule has 1 atom stereocenters. The van der Waals surface area contributed by atoms with Gasteiger partial charge in [0.2, 0.25) is 0 Å². The SMILES string of the molecule is O=C(NC1CCCNC1)c1ccc(Br)cn1. The topological polar surface area (TPSA) is 54.0 Å². The lowest BCUT2D eigenvalue weighted by molar-refractivity contribution is 0.0925. The van der Waals surface area contributed by atoms with Crippen LogP contribution in [0.4, 0.5) is 0 Å². The molecule has 1 unspecified atom stereocenters. The number of nitrogens with one attached hydrogen (secondary N) is 2. The number of aromatic nitrogens is 1. The van der Waals surface area contributed by atoms with Gasteiger partial charge in [0.25, 0.3) is 5.91 Å². The van der Waals surface area contributed by atoms with Gasteiger partial charge in [0, 0.05) is 23.3 Å². The Kier molecular flexibility index (Phi) is 3.90. The van der Waals surface area contributed by atoms with E-state index >= 15 is 0 Å². The lowest BCUT2D eigenvalue weighted by Crippen LogP contribution is -2.45. The van der Waals surface area contributed by atoms with Crippen LogP contribution >= 0.6 is 15.9 Å². The molecule has 1 aromatic rings. The molecule has 1 amide bonds. The molecule has 16 heavy (non-hydrogen) atoms. The van der Waals surface area contributed by atoms with Crippen molar-refractivity contribution in [2.45, 2.75) is 18.9 Å². The molecule has 1 fully saturated rings. The minimum absolute atomic E-state index is 0.0961. The molecule has 0 aliphatic carbocycles. The van der Waals surface area contributed by atoms with Crippen molar-refractivity contribution in [2.75, 3.05) is 13.1 Å². The van der Waals surface area contributed by atoms with Crippen molar-refractivity contribution in [3.05, 3.63) is 28.5 Å². The molecule has 2 heterocycles. The summed E-state index contributed by atoms with van der Waals surface area (Å²) in [5.74, 6) is -0.0961. The summed E-state index contributed by atoms with van der Waals surface area (Å²) in [5, 5.41) is 6.23. The van der Waals surface area contributed by atoms with Gasteiger partial charge in [-0.05, 0) is 47.4 Å². The average Bonchev–Trinajstić information content (AvgIpc) is 2.31. The smallest absolute Gasteiger partial charge is 0.270 e. The van der Waals surface area contributed by atoms with E-state index < -0.39 is 0 Å². The Morgan fingerprint density at radius 3 is 3.06 bits per heavy atom. The molecule has 1 aliphatic heterocycles. The fourth-order valence-electron chi connectivity index (χ4n) is 1.74. The number of piperidine rings is 1. The molecule has 0 saturated carbocycles. The number of carbonyl (C=O) groups excluding carboxylic acids is 1. The highest BCUT2D eigenvalue weighted by molar-refractivity contribution is 9.10. The van der Waals surface area contributed by atoms with Crippen LogP contribution in [-0.2, 0) is 0 Å². The lowest BCUT2D eigenvalue weighted by Gasteiger charge is -2.23. The number of halogens is 1. The third-order valence-corrected chi connectivity index (χ3v) is 3.06. The van der Waals surface area contributed by atoms with Crippen LogP contribution in [0, 0.1) is 0 Å². The Morgan fingerprint density at radius 2 is 2.44 bits per heavy atom. The molecule has 0 spiro atoms. The molecule has 2 N–H and O–H groups in total. The summed E-state index contributed by atoms with van der Waals surface area (Å²) in [6.07, 6.45) is 3.78. The van der Waals surface area contributed by atoms with Crippen LogP contribution in [0.25, 0.3) is 0 Å².